The summed E-state index contributed by atoms with van der Waals surface area (Å²) in [5.41, 5.74) is 7.10. The zero-order chi connectivity index (χ0) is 39.2. The van der Waals surface area contributed by atoms with Crippen LogP contribution in [0.4, 0.5) is 34.1 Å². The van der Waals surface area contributed by atoms with Gasteiger partial charge in [0, 0.05) is 151 Å². The van der Waals surface area contributed by atoms with Gasteiger partial charge in [-0.2, -0.15) is 0 Å². The molecule has 1 fully saturated rings. The zero-order valence-corrected chi connectivity index (χ0v) is 33.6. The largest absolute Gasteiger partial charge is 0.507 e. The molecule has 6 aromatic carbocycles. The summed E-state index contributed by atoms with van der Waals surface area (Å²) < 4.78 is 0. The van der Waals surface area contributed by atoms with Gasteiger partial charge in [0.2, 0.25) is 0 Å². The molecule has 0 saturated heterocycles. The molecule has 0 radical (unpaired) electrons. The van der Waals surface area contributed by atoms with Gasteiger partial charge in [-0.15, -0.1) is 0 Å². The third-order valence-corrected chi connectivity index (χ3v) is 11.4. The molecule has 2 unspecified atom stereocenters. The molecule has 0 aromatic heterocycles. The molecule has 4 N–H and O–H groups in total. The predicted octanol–water partition coefficient (Wildman–Crippen LogP) is 6.71. The zero-order valence-electron chi connectivity index (χ0n) is 33.6. The van der Waals surface area contributed by atoms with Crippen molar-refractivity contribution in [1.29, 1.82) is 0 Å². The Kier molecular flexibility index (Phi) is 9.06. The number of fused-ring (bicyclic) bond motifs is 4. The highest BCUT2D eigenvalue weighted by atomic mass is 16.3. The maximum absolute atomic E-state index is 12.7. The molecule has 1 aliphatic rings. The Bertz CT molecular complexity index is 2300. The lowest BCUT2D eigenvalue weighted by Gasteiger charge is -2.49. The van der Waals surface area contributed by atoms with Gasteiger partial charge in [-0.3, -0.25) is 0 Å². The van der Waals surface area contributed by atoms with Crippen LogP contribution in [0.25, 0.3) is 43.1 Å². The number of hydrogen-bond acceptors (Lipinski definition) is 10. The minimum atomic E-state index is -1.07. The van der Waals surface area contributed by atoms with Crippen LogP contribution < -0.4 is 29.4 Å². The Balaban J connectivity index is 1.61. The number of phenolic OH excluding ortho intramolecular Hbond substituents is 2. The lowest BCUT2D eigenvalue weighted by atomic mass is 9.60. The fourth-order valence-electron chi connectivity index (χ4n) is 9.20. The van der Waals surface area contributed by atoms with Crippen molar-refractivity contribution in [2.45, 2.75) is 24.0 Å². The predicted molar refractivity (Wildman–Crippen MR) is 230 cm³/mol. The smallest absolute Gasteiger partial charge is 0.123 e. The Labute approximate surface area is 318 Å². The fraction of sp³-hybridized carbons (Fsp3) is 0.364. The van der Waals surface area contributed by atoms with Gasteiger partial charge in [-0.05, 0) is 58.3 Å². The van der Waals surface area contributed by atoms with Crippen LogP contribution in [0, 0.1) is 0 Å². The number of aliphatic hydroxyl groups is 2. The fourth-order valence-corrected chi connectivity index (χ4v) is 9.20. The van der Waals surface area contributed by atoms with Crippen LogP contribution in [0.15, 0.2) is 60.7 Å². The number of aliphatic hydroxyl groups excluding tert-OH is 2. The van der Waals surface area contributed by atoms with Gasteiger partial charge < -0.3 is 49.8 Å². The molecule has 10 nitrogen and oxygen atoms in total. The second kappa shape index (κ2) is 13.2. The highest BCUT2D eigenvalue weighted by molar-refractivity contribution is 6.25. The average Bonchev–Trinajstić information content (AvgIpc) is 3.10. The van der Waals surface area contributed by atoms with Gasteiger partial charge >= 0.3 is 0 Å². The van der Waals surface area contributed by atoms with E-state index in [4.69, 9.17) is 0 Å². The molecule has 7 rings (SSSR count). The van der Waals surface area contributed by atoms with Crippen LogP contribution in [0.1, 0.15) is 23.0 Å². The third-order valence-electron chi connectivity index (χ3n) is 11.4. The number of anilines is 6. The normalized spacial score (nSPS) is 18.3. The van der Waals surface area contributed by atoms with Gasteiger partial charge in [0.15, 0.2) is 0 Å². The summed E-state index contributed by atoms with van der Waals surface area (Å²) in [6, 6.07) is 19.6. The van der Waals surface area contributed by atoms with Crippen LogP contribution in [0.3, 0.4) is 0 Å². The van der Waals surface area contributed by atoms with E-state index in [-0.39, 0.29) is 11.5 Å². The van der Waals surface area contributed by atoms with Crippen LogP contribution in [0.5, 0.6) is 11.5 Å². The van der Waals surface area contributed by atoms with Crippen molar-refractivity contribution in [3.8, 4) is 11.5 Å². The van der Waals surface area contributed by atoms with Gasteiger partial charge in [-0.1, -0.05) is 24.3 Å². The Hall–Kier alpha value is -5.32. The van der Waals surface area contributed by atoms with E-state index in [1.54, 1.807) is 12.1 Å². The molecule has 0 spiro atoms. The van der Waals surface area contributed by atoms with Crippen molar-refractivity contribution in [3.05, 3.63) is 71.8 Å². The van der Waals surface area contributed by atoms with E-state index in [2.05, 4.69) is 53.1 Å². The first kappa shape index (κ1) is 37.0. The first-order valence-electron chi connectivity index (χ1n) is 18.4. The summed E-state index contributed by atoms with van der Waals surface area (Å²) in [4.78, 5) is 12.4. The van der Waals surface area contributed by atoms with Crippen molar-refractivity contribution in [2.24, 2.45) is 0 Å². The Morgan fingerprint density at radius 3 is 1.06 bits per heavy atom. The molecular weight excluding hydrogens is 677 g/mol. The molecule has 2 atom stereocenters. The first-order chi connectivity index (χ1) is 25.5. The van der Waals surface area contributed by atoms with E-state index in [1.807, 2.05) is 109 Å². The molecular formula is C44H54N6O4. The number of hydrogen-bond donors (Lipinski definition) is 4. The topological polar surface area (TPSA) is 100 Å². The van der Waals surface area contributed by atoms with E-state index < -0.39 is 24.0 Å². The molecule has 1 saturated carbocycles. The SMILES string of the molecule is CN(C)c1cccc2c(C3C(O)C(c4c5c(O)ccc(N(C)C)c5c(N(C)C)c5c(N(C)C)ccc(O)c45)C3O)c3cccc(N(C)C)c3c(N(C)C)c12. The monoisotopic (exact) mass is 730 g/mol. The maximum atomic E-state index is 12.7. The molecule has 1 aliphatic carbocycles. The minimum absolute atomic E-state index is 0.0191. The van der Waals surface area contributed by atoms with E-state index in [1.165, 1.54) is 0 Å². The molecule has 0 bridgehead atoms. The van der Waals surface area contributed by atoms with Gasteiger partial charge in [-0.25, -0.2) is 0 Å². The summed E-state index contributed by atoms with van der Waals surface area (Å²) in [6.07, 6.45) is -2.13. The summed E-state index contributed by atoms with van der Waals surface area (Å²) in [5.74, 6) is -1.48. The van der Waals surface area contributed by atoms with E-state index in [0.717, 1.165) is 72.0 Å². The summed E-state index contributed by atoms with van der Waals surface area (Å²) >= 11 is 0. The van der Waals surface area contributed by atoms with Crippen molar-refractivity contribution in [2.75, 3.05) is 114 Å². The number of benzene rings is 6. The number of rotatable bonds is 8. The molecule has 10 heteroatoms. The van der Waals surface area contributed by atoms with Crippen molar-refractivity contribution >= 4 is 77.2 Å². The molecule has 0 aliphatic heterocycles. The Morgan fingerprint density at radius 2 is 0.704 bits per heavy atom. The number of aromatic hydroxyl groups is 2. The van der Waals surface area contributed by atoms with E-state index in [9.17, 15) is 20.4 Å². The highest BCUT2D eigenvalue weighted by Gasteiger charge is 2.53. The first-order valence-corrected chi connectivity index (χ1v) is 18.4. The van der Waals surface area contributed by atoms with Crippen LogP contribution in [0.2, 0.25) is 0 Å². The van der Waals surface area contributed by atoms with Crippen LogP contribution >= 0.6 is 0 Å². The number of nitrogens with zero attached hydrogens (tertiary/aromatic N) is 6. The second-order valence-corrected chi connectivity index (χ2v) is 16.0. The highest BCUT2D eigenvalue weighted by Crippen LogP contribution is 2.60. The van der Waals surface area contributed by atoms with Crippen molar-refractivity contribution in [3.63, 3.8) is 0 Å². The standard InChI is InChI=1S/C44H54N6O4/c1-45(2)25-17-13-15-23-31(24-16-14-18-26(46(3)4)33(24)41(32(23)25)49(9)10)39-43(53)40(44(39)54)38-36-29(51)21-19-27(47(5)6)34(36)42(50(11)12)35-28(48(7)8)20-22-30(52)37(35)38/h13-22,39-40,43-44,51-54H,1-12H3. The van der Waals surface area contributed by atoms with Gasteiger partial charge in [0.05, 0.1) is 23.6 Å². The van der Waals surface area contributed by atoms with Crippen LogP contribution in [-0.4, -0.2) is 117 Å². The lowest BCUT2D eigenvalue weighted by molar-refractivity contribution is -0.0766. The van der Waals surface area contributed by atoms with Crippen molar-refractivity contribution < 1.29 is 20.4 Å². The second-order valence-electron chi connectivity index (χ2n) is 16.0. The Morgan fingerprint density at radius 1 is 0.370 bits per heavy atom. The molecule has 54 heavy (non-hydrogen) atoms. The van der Waals surface area contributed by atoms with E-state index >= 15 is 0 Å². The molecule has 0 amide bonds. The average molecular weight is 731 g/mol. The third kappa shape index (κ3) is 5.21. The summed E-state index contributed by atoms with van der Waals surface area (Å²) in [5, 5.41) is 55.8. The van der Waals surface area contributed by atoms with Gasteiger partial charge in [0.25, 0.3) is 0 Å². The minimum Gasteiger partial charge on any atom is -0.507 e. The lowest BCUT2D eigenvalue weighted by Crippen LogP contribution is -2.52. The van der Waals surface area contributed by atoms with Crippen LogP contribution in [-0.2, 0) is 0 Å². The molecule has 6 aromatic rings. The molecule has 284 valence electrons. The van der Waals surface area contributed by atoms with Gasteiger partial charge in [0.1, 0.15) is 11.5 Å². The quantitative estimate of drug-likeness (QED) is 0.127. The number of phenols is 2. The van der Waals surface area contributed by atoms with E-state index in [0.29, 0.717) is 16.3 Å². The summed E-state index contributed by atoms with van der Waals surface area (Å²) in [6.45, 7) is 0. The summed E-state index contributed by atoms with van der Waals surface area (Å²) in [7, 11) is 24.0. The maximum Gasteiger partial charge on any atom is 0.123 e. The van der Waals surface area contributed by atoms with Crippen molar-refractivity contribution in [1.82, 2.24) is 0 Å². The molecule has 0 heterocycles.